The number of aliphatic hydroxyl groups excluding tert-OH is 4. The first-order valence-electron chi connectivity index (χ1n) is 25.9. The van der Waals surface area contributed by atoms with E-state index in [1.54, 1.807) is 0 Å². The molecule has 5 N–H and O–H groups in total. The fourth-order valence-corrected chi connectivity index (χ4v) is 8.47. The normalized spacial score (nSPS) is 13.9. The van der Waals surface area contributed by atoms with E-state index in [4.69, 9.17) is 0 Å². The number of amides is 1. The van der Waals surface area contributed by atoms with Crippen LogP contribution in [0.5, 0.6) is 0 Å². The van der Waals surface area contributed by atoms with E-state index in [9.17, 15) is 25.2 Å². The Kier molecular flexibility index (Phi) is 45.8. The molecule has 342 valence electrons. The summed E-state index contributed by atoms with van der Waals surface area (Å²) >= 11 is 0. The SMILES string of the molecule is CCCCCCCCCCCCCCCCCCCCCCCCCCCCCC(O)C(=O)NC(CO)C(O)C(O)CCCCCCCCCCCCCCCC. The van der Waals surface area contributed by atoms with E-state index < -0.39 is 36.9 Å². The van der Waals surface area contributed by atoms with Crippen LogP contribution in [0.25, 0.3) is 0 Å². The highest BCUT2D eigenvalue weighted by Crippen LogP contribution is 2.18. The minimum atomic E-state index is -1.25. The Morgan fingerprint density at radius 3 is 0.842 bits per heavy atom. The summed E-state index contributed by atoms with van der Waals surface area (Å²) < 4.78 is 0. The van der Waals surface area contributed by atoms with Crippen molar-refractivity contribution >= 4 is 5.91 Å². The van der Waals surface area contributed by atoms with Crippen molar-refractivity contribution in [3.8, 4) is 0 Å². The lowest BCUT2D eigenvalue weighted by Gasteiger charge is -2.27. The second-order valence-corrected chi connectivity index (χ2v) is 18.2. The molecule has 57 heavy (non-hydrogen) atoms. The van der Waals surface area contributed by atoms with Crippen LogP contribution in [0.1, 0.15) is 290 Å². The molecule has 0 aromatic heterocycles. The molecule has 1 amide bonds. The predicted octanol–water partition coefficient (Wildman–Crippen LogP) is 14.4. The van der Waals surface area contributed by atoms with Gasteiger partial charge in [0.15, 0.2) is 0 Å². The third-order valence-electron chi connectivity index (χ3n) is 12.6. The number of carbonyl (C=O) groups excluding carboxylic acids is 1. The highest BCUT2D eigenvalue weighted by Gasteiger charge is 2.28. The average molecular weight is 810 g/mol. The summed E-state index contributed by atoms with van der Waals surface area (Å²) in [6.45, 7) is 4.08. The summed E-state index contributed by atoms with van der Waals surface area (Å²) in [7, 11) is 0. The molecule has 0 rings (SSSR count). The maximum atomic E-state index is 12.6. The van der Waals surface area contributed by atoms with E-state index in [2.05, 4.69) is 19.2 Å². The highest BCUT2D eigenvalue weighted by atomic mass is 16.3. The van der Waals surface area contributed by atoms with Gasteiger partial charge < -0.3 is 25.7 Å². The quantitative estimate of drug-likeness (QED) is 0.0393. The largest absolute Gasteiger partial charge is 0.394 e. The molecule has 0 aliphatic rings. The lowest BCUT2D eigenvalue weighted by Crippen LogP contribution is -2.53. The van der Waals surface area contributed by atoms with Crippen LogP contribution >= 0.6 is 0 Å². The summed E-state index contributed by atoms with van der Waals surface area (Å²) in [5.74, 6) is -0.577. The topological polar surface area (TPSA) is 110 Å². The number of carbonyl (C=O) groups is 1. The van der Waals surface area contributed by atoms with Crippen molar-refractivity contribution in [2.45, 2.75) is 314 Å². The van der Waals surface area contributed by atoms with E-state index in [1.807, 2.05) is 0 Å². The Hall–Kier alpha value is -0.690. The first-order chi connectivity index (χ1) is 28.0. The summed E-state index contributed by atoms with van der Waals surface area (Å²) in [6.07, 6.45) is 51.6. The Balaban J connectivity index is 3.57. The standard InChI is InChI=1S/C51H103NO5/c1-3-5-7-9-11-13-15-17-19-20-21-22-23-24-25-26-27-28-29-30-31-33-35-37-39-41-43-45-49(55)51(57)52-47(46-53)50(56)48(54)44-42-40-38-36-34-32-18-16-14-12-10-8-6-4-2/h47-50,53-56H,3-46H2,1-2H3,(H,52,57). The lowest BCUT2D eigenvalue weighted by molar-refractivity contribution is -0.132. The summed E-state index contributed by atoms with van der Waals surface area (Å²) in [4.78, 5) is 12.6. The summed E-state index contributed by atoms with van der Waals surface area (Å²) in [5, 5.41) is 43.8. The first kappa shape index (κ1) is 56.3. The Morgan fingerprint density at radius 1 is 0.368 bits per heavy atom. The third kappa shape index (κ3) is 40.5. The summed E-state index contributed by atoms with van der Waals surface area (Å²) in [6, 6.07) is -0.979. The second kappa shape index (κ2) is 46.4. The number of nitrogens with one attached hydrogen (secondary N) is 1. The molecule has 0 spiro atoms. The Bertz CT molecular complexity index is 781. The van der Waals surface area contributed by atoms with E-state index >= 15 is 0 Å². The fraction of sp³-hybridized carbons (Fsp3) is 0.980. The molecule has 0 radical (unpaired) electrons. The first-order valence-corrected chi connectivity index (χ1v) is 25.9. The number of hydrogen-bond acceptors (Lipinski definition) is 5. The fourth-order valence-electron chi connectivity index (χ4n) is 8.47. The molecule has 0 saturated carbocycles. The molecule has 4 atom stereocenters. The molecule has 6 heteroatoms. The van der Waals surface area contributed by atoms with Crippen LogP contribution in [0.3, 0.4) is 0 Å². The lowest BCUT2D eigenvalue weighted by atomic mass is 9.99. The van der Waals surface area contributed by atoms with Crippen LogP contribution in [0, 0.1) is 0 Å². The maximum Gasteiger partial charge on any atom is 0.249 e. The van der Waals surface area contributed by atoms with Crippen molar-refractivity contribution in [1.29, 1.82) is 0 Å². The van der Waals surface area contributed by atoms with Gasteiger partial charge in [0.05, 0.1) is 18.8 Å². The molecule has 0 aromatic carbocycles. The van der Waals surface area contributed by atoms with Crippen molar-refractivity contribution in [1.82, 2.24) is 5.32 Å². The van der Waals surface area contributed by atoms with Crippen LogP contribution in [-0.2, 0) is 4.79 Å². The molecule has 0 heterocycles. The Labute approximate surface area is 356 Å². The van der Waals surface area contributed by atoms with Gasteiger partial charge in [0.1, 0.15) is 12.2 Å². The average Bonchev–Trinajstić information content (AvgIpc) is 3.22. The van der Waals surface area contributed by atoms with Gasteiger partial charge in [-0.2, -0.15) is 0 Å². The van der Waals surface area contributed by atoms with Gasteiger partial charge >= 0.3 is 0 Å². The molecule has 0 aliphatic heterocycles. The van der Waals surface area contributed by atoms with Gasteiger partial charge in [0, 0.05) is 0 Å². The molecular formula is C51H103NO5. The smallest absolute Gasteiger partial charge is 0.249 e. The Morgan fingerprint density at radius 2 is 0.596 bits per heavy atom. The van der Waals surface area contributed by atoms with Crippen LogP contribution < -0.4 is 5.32 Å². The molecule has 0 fully saturated rings. The molecule has 0 aromatic rings. The molecular weight excluding hydrogens is 707 g/mol. The van der Waals surface area contributed by atoms with Gasteiger partial charge in [-0.3, -0.25) is 4.79 Å². The zero-order valence-corrected chi connectivity index (χ0v) is 38.6. The van der Waals surface area contributed by atoms with Crippen LogP contribution in [-0.4, -0.2) is 57.3 Å². The van der Waals surface area contributed by atoms with Gasteiger partial charge in [0.25, 0.3) is 0 Å². The number of aliphatic hydroxyl groups is 4. The van der Waals surface area contributed by atoms with Crippen LogP contribution in [0.15, 0.2) is 0 Å². The van der Waals surface area contributed by atoms with Crippen LogP contribution in [0.4, 0.5) is 0 Å². The van der Waals surface area contributed by atoms with E-state index in [0.29, 0.717) is 12.8 Å². The molecule has 0 saturated heterocycles. The van der Waals surface area contributed by atoms with Gasteiger partial charge in [-0.05, 0) is 12.8 Å². The van der Waals surface area contributed by atoms with Gasteiger partial charge in [0.2, 0.25) is 5.91 Å². The molecule has 4 unspecified atom stereocenters. The van der Waals surface area contributed by atoms with E-state index in [1.165, 1.54) is 225 Å². The number of hydrogen-bond donors (Lipinski definition) is 5. The van der Waals surface area contributed by atoms with Gasteiger partial charge in [-0.25, -0.2) is 0 Å². The summed E-state index contributed by atoms with van der Waals surface area (Å²) in [5.41, 5.74) is 0. The van der Waals surface area contributed by atoms with Crippen LogP contribution in [0.2, 0.25) is 0 Å². The predicted molar refractivity (Wildman–Crippen MR) is 247 cm³/mol. The van der Waals surface area contributed by atoms with Crippen molar-refractivity contribution in [3.05, 3.63) is 0 Å². The van der Waals surface area contributed by atoms with E-state index in [-0.39, 0.29) is 0 Å². The zero-order valence-electron chi connectivity index (χ0n) is 38.6. The third-order valence-corrected chi connectivity index (χ3v) is 12.6. The minimum absolute atomic E-state index is 0.376. The molecule has 6 nitrogen and oxygen atoms in total. The highest BCUT2D eigenvalue weighted by molar-refractivity contribution is 5.80. The van der Waals surface area contributed by atoms with Gasteiger partial charge in [-0.1, -0.05) is 277 Å². The number of rotatable bonds is 48. The zero-order chi connectivity index (χ0) is 41.7. The van der Waals surface area contributed by atoms with Crippen molar-refractivity contribution in [2.24, 2.45) is 0 Å². The van der Waals surface area contributed by atoms with Crippen molar-refractivity contribution < 1.29 is 25.2 Å². The minimum Gasteiger partial charge on any atom is -0.394 e. The number of unbranched alkanes of at least 4 members (excludes halogenated alkanes) is 39. The van der Waals surface area contributed by atoms with Crippen molar-refractivity contribution in [3.63, 3.8) is 0 Å². The second-order valence-electron chi connectivity index (χ2n) is 18.2. The maximum absolute atomic E-state index is 12.6. The molecule has 0 aliphatic carbocycles. The van der Waals surface area contributed by atoms with Crippen molar-refractivity contribution in [2.75, 3.05) is 6.61 Å². The monoisotopic (exact) mass is 810 g/mol. The van der Waals surface area contributed by atoms with Gasteiger partial charge in [-0.15, -0.1) is 0 Å². The van der Waals surface area contributed by atoms with E-state index in [0.717, 1.165) is 38.5 Å². The molecule has 0 bridgehead atoms.